The molecule has 0 aromatic rings. The van der Waals surface area contributed by atoms with Crippen molar-refractivity contribution >= 4 is 19.8 Å². The number of nitrogens with two attached hydrogens (primary N) is 1. The fourth-order valence-corrected chi connectivity index (χ4v) is 9.40. The normalized spacial score (nSPS) is 13.1. The zero-order valence-electron chi connectivity index (χ0n) is 43.7. The Balaban J connectivity index is 3.88. The zero-order chi connectivity index (χ0) is 48.1. The second-order valence-electron chi connectivity index (χ2n) is 19.5. The number of esters is 2. The first kappa shape index (κ1) is 64.8. The largest absolute Gasteiger partial charge is 0.472 e. The van der Waals surface area contributed by atoms with E-state index in [1.54, 1.807) is 0 Å². The average Bonchev–Trinajstić information content (AvgIpc) is 3.31. The Morgan fingerprint density at radius 2 is 0.742 bits per heavy atom. The summed E-state index contributed by atoms with van der Waals surface area (Å²) in [5, 5.41) is 0. The number of ether oxygens (including phenoxy) is 2. The van der Waals surface area contributed by atoms with Gasteiger partial charge in [0, 0.05) is 19.4 Å². The van der Waals surface area contributed by atoms with Crippen LogP contribution in [0, 0.1) is 0 Å². The van der Waals surface area contributed by atoms with Gasteiger partial charge in [0.1, 0.15) is 6.61 Å². The van der Waals surface area contributed by atoms with Gasteiger partial charge in [-0.3, -0.25) is 18.6 Å². The summed E-state index contributed by atoms with van der Waals surface area (Å²) in [6, 6.07) is 0. The van der Waals surface area contributed by atoms with Crippen LogP contribution >= 0.6 is 7.82 Å². The van der Waals surface area contributed by atoms with Gasteiger partial charge in [0.25, 0.3) is 0 Å². The van der Waals surface area contributed by atoms with E-state index in [1.807, 2.05) is 0 Å². The van der Waals surface area contributed by atoms with E-state index >= 15 is 0 Å². The van der Waals surface area contributed by atoms with Gasteiger partial charge in [0.15, 0.2) is 6.10 Å². The van der Waals surface area contributed by atoms with Crippen LogP contribution in [0.5, 0.6) is 0 Å². The number of carbonyl (C=O) groups excluding carboxylic acids is 2. The van der Waals surface area contributed by atoms with Crippen molar-refractivity contribution in [1.29, 1.82) is 0 Å². The minimum Gasteiger partial charge on any atom is -0.462 e. The van der Waals surface area contributed by atoms with Crippen molar-refractivity contribution in [3.63, 3.8) is 0 Å². The molecule has 0 heterocycles. The zero-order valence-corrected chi connectivity index (χ0v) is 44.6. The lowest BCUT2D eigenvalue weighted by molar-refractivity contribution is -0.161. The number of allylic oxidation sites excluding steroid dienone is 2. The molecule has 0 saturated heterocycles. The van der Waals surface area contributed by atoms with Crippen LogP contribution in [0.2, 0.25) is 0 Å². The quantitative estimate of drug-likeness (QED) is 0.0264. The molecule has 0 amide bonds. The summed E-state index contributed by atoms with van der Waals surface area (Å²) >= 11 is 0. The third-order valence-corrected chi connectivity index (χ3v) is 13.9. The minimum atomic E-state index is -4.38. The van der Waals surface area contributed by atoms with Crippen LogP contribution < -0.4 is 5.73 Å². The standard InChI is InChI=1S/C56H110NO8P/c1-3-5-7-9-11-13-15-17-19-21-22-23-24-25-26-27-28-29-30-31-32-33-35-37-39-41-43-45-47-49-56(59)65-54(53-64-66(60,61)63-51-50-57)52-62-55(58)48-46-44-42-40-38-36-34-20-18-16-14-12-10-8-6-4-2/h21-22,54H,3-20,23-53,57H2,1-2H3,(H,60,61)/b22-21-. The number of phosphoric acid groups is 1. The van der Waals surface area contributed by atoms with Crippen molar-refractivity contribution in [2.24, 2.45) is 5.73 Å². The summed E-state index contributed by atoms with van der Waals surface area (Å²) in [7, 11) is -4.38. The Hall–Kier alpha value is -1.25. The molecule has 0 aliphatic rings. The molecule has 0 aromatic heterocycles. The molecule has 392 valence electrons. The number of phosphoric ester groups is 1. The Kier molecular flexibility index (Phi) is 52.1. The van der Waals surface area contributed by atoms with Crippen molar-refractivity contribution in [3.05, 3.63) is 12.2 Å². The number of hydrogen-bond donors (Lipinski definition) is 2. The molecule has 2 unspecified atom stereocenters. The van der Waals surface area contributed by atoms with Crippen LogP contribution in [0.3, 0.4) is 0 Å². The van der Waals surface area contributed by atoms with Gasteiger partial charge < -0.3 is 20.1 Å². The lowest BCUT2D eigenvalue weighted by atomic mass is 10.0. The van der Waals surface area contributed by atoms with Crippen LogP contribution in [0.25, 0.3) is 0 Å². The molecule has 66 heavy (non-hydrogen) atoms. The molecule has 0 rings (SSSR count). The first-order valence-corrected chi connectivity index (χ1v) is 30.2. The van der Waals surface area contributed by atoms with Gasteiger partial charge in [0.2, 0.25) is 0 Å². The predicted molar refractivity (Wildman–Crippen MR) is 280 cm³/mol. The molecule has 3 N–H and O–H groups in total. The van der Waals surface area contributed by atoms with Crippen LogP contribution in [0.1, 0.15) is 303 Å². The van der Waals surface area contributed by atoms with Gasteiger partial charge in [-0.1, -0.05) is 264 Å². The molecule has 0 bridgehead atoms. The summed E-state index contributed by atoms with van der Waals surface area (Å²) in [5.74, 6) is -0.807. The molecule has 0 spiro atoms. The van der Waals surface area contributed by atoms with Crippen LogP contribution in [0.4, 0.5) is 0 Å². The van der Waals surface area contributed by atoms with E-state index in [4.69, 9.17) is 24.3 Å². The molecule has 0 fully saturated rings. The van der Waals surface area contributed by atoms with Crippen molar-refractivity contribution in [3.8, 4) is 0 Å². The highest BCUT2D eigenvalue weighted by Gasteiger charge is 2.26. The topological polar surface area (TPSA) is 134 Å². The fraction of sp³-hybridized carbons (Fsp3) is 0.929. The van der Waals surface area contributed by atoms with E-state index in [0.717, 1.165) is 32.1 Å². The molecule has 10 heteroatoms. The monoisotopic (exact) mass is 956 g/mol. The van der Waals surface area contributed by atoms with Crippen LogP contribution in [-0.4, -0.2) is 49.3 Å². The van der Waals surface area contributed by atoms with Crippen molar-refractivity contribution in [1.82, 2.24) is 0 Å². The number of unbranched alkanes of at least 4 members (excludes halogenated alkanes) is 40. The molecular formula is C56H110NO8P. The van der Waals surface area contributed by atoms with Gasteiger partial charge in [-0.05, 0) is 38.5 Å². The van der Waals surface area contributed by atoms with E-state index in [9.17, 15) is 19.0 Å². The van der Waals surface area contributed by atoms with Crippen LogP contribution in [0.15, 0.2) is 12.2 Å². The van der Waals surface area contributed by atoms with Crippen molar-refractivity contribution in [2.75, 3.05) is 26.4 Å². The van der Waals surface area contributed by atoms with E-state index in [0.29, 0.717) is 6.42 Å². The fourth-order valence-electron chi connectivity index (χ4n) is 8.63. The Bertz CT molecular complexity index is 1090. The third-order valence-electron chi connectivity index (χ3n) is 12.9. The summed E-state index contributed by atoms with van der Waals surface area (Å²) in [6.45, 7) is 3.80. The third kappa shape index (κ3) is 52.1. The highest BCUT2D eigenvalue weighted by atomic mass is 31.2. The SMILES string of the molecule is CCCCCCCCCC/C=C\CCCCCCCCCCCCCCCCCCCC(=O)OC(COC(=O)CCCCCCCCCCCCCCCCCC)COP(=O)(O)OCCN. The van der Waals surface area contributed by atoms with Gasteiger partial charge >= 0.3 is 19.8 Å². The van der Waals surface area contributed by atoms with E-state index < -0.39 is 26.5 Å². The van der Waals surface area contributed by atoms with E-state index in [1.165, 1.54) is 238 Å². The summed E-state index contributed by atoms with van der Waals surface area (Å²) in [6.07, 6.45) is 59.9. The summed E-state index contributed by atoms with van der Waals surface area (Å²) in [4.78, 5) is 35.1. The Morgan fingerprint density at radius 3 is 1.08 bits per heavy atom. The Labute approximate surface area is 409 Å². The van der Waals surface area contributed by atoms with Gasteiger partial charge in [-0.25, -0.2) is 4.57 Å². The number of rotatable bonds is 55. The van der Waals surface area contributed by atoms with E-state index in [-0.39, 0.29) is 38.6 Å². The van der Waals surface area contributed by atoms with Gasteiger partial charge in [-0.2, -0.15) is 0 Å². The second-order valence-corrected chi connectivity index (χ2v) is 21.0. The van der Waals surface area contributed by atoms with Crippen molar-refractivity contribution in [2.45, 2.75) is 309 Å². The molecule has 0 aliphatic carbocycles. The van der Waals surface area contributed by atoms with Gasteiger partial charge in [0.05, 0.1) is 13.2 Å². The van der Waals surface area contributed by atoms with Gasteiger partial charge in [-0.15, -0.1) is 0 Å². The van der Waals surface area contributed by atoms with E-state index in [2.05, 4.69) is 26.0 Å². The lowest BCUT2D eigenvalue weighted by Gasteiger charge is -2.19. The molecule has 0 aliphatic heterocycles. The lowest BCUT2D eigenvalue weighted by Crippen LogP contribution is -2.29. The molecule has 2 atom stereocenters. The summed E-state index contributed by atoms with van der Waals surface area (Å²) < 4.78 is 33.0. The van der Waals surface area contributed by atoms with Crippen molar-refractivity contribution < 1.29 is 37.6 Å². The molecule has 0 radical (unpaired) electrons. The maximum Gasteiger partial charge on any atom is 0.472 e. The average molecular weight is 956 g/mol. The second kappa shape index (κ2) is 53.1. The molecular weight excluding hydrogens is 846 g/mol. The first-order chi connectivity index (χ1) is 32.3. The predicted octanol–water partition coefficient (Wildman–Crippen LogP) is 17.7. The molecule has 9 nitrogen and oxygen atoms in total. The first-order valence-electron chi connectivity index (χ1n) is 28.7. The highest BCUT2D eigenvalue weighted by molar-refractivity contribution is 7.47. The number of hydrogen-bond acceptors (Lipinski definition) is 8. The smallest absolute Gasteiger partial charge is 0.462 e. The molecule has 0 aromatic carbocycles. The maximum absolute atomic E-state index is 12.7. The number of carbonyl (C=O) groups is 2. The molecule has 0 saturated carbocycles. The summed E-state index contributed by atoms with van der Waals surface area (Å²) in [5.41, 5.74) is 5.38. The Morgan fingerprint density at radius 1 is 0.439 bits per heavy atom. The van der Waals surface area contributed by atoms with Crippen LogP contribution in [-0.2, 0) is 32.7 Å². The maximum atomic E-state index is 12.7. The highest BCUT2D eigenvalue weighted by Crippen LogP contribution is 2.43. The minimum absolute atomic E-state index is 0.0574.